The van der Waals surface area contributed by atoms with E-state index in [1.807, 2.05) is 61.5 Å². The molecule has 7 nitrogen and oxygen atoms in total. The molecule has 5 rings (SSSR count). The number of nitrogens with zero attached hydrogens (tertiary/aromatic N) is 2. The molecule has 1 aliphatic heterocycles. The highest BCUT2D eigenvalue weighted by molar-refractivity contribution is 9.10. The molecule has 2 N–H and O–H groups in total. The third kappa shape index (κ3) is 4.17. The van der Waals surface area contributed by atoms with Crippen LogP contribution < -0.4 is 15.0 Å². The summed E-state index contributed by atoms with van der Waals surface area (Å²) in [7, 11) is 1.61. The number of anilines is 2. The highest BCUT2D eigenvalue weighted by Gasteiger charge is 2.25. The second-order valence-electron chi connectivity index (χ2n) is 8.34. The van der Waals surface area contributed by atoms with E-state index in [0.717, 1.165) is 49.9 Å². The van der Waals surface area contributed by atoms with E-state index in [4.69, 9.17) is 4.74 Å². The lowest BCUT2D eigenvalue weighted by molar-refractivity contribution is -0.117. The summed E-state index contributed by atoms with van der Waals surface area (Å²) in [6, 6.07) is 17.1. The van der Waals surface area contributed by atoms with Crippen LogP contribution in [-0.2, 0) is 17.6 Å². The number of halogens is 1. The van der Waals surface area contributed by atoms with Gasteiger partial charge in [0.05, 0.1) is 19.0 Å². The Balaban J connectivity index is 1.36. The second-order valence-corrected chi connectivity index (χ2v) is 9.25. The predicted molar refractivity (Wildman–Crippen MR) is 136 cm³/mol. The first-order valence-electron chi connectivity index (χ1n) is 10.9. The number of H-pyrrole nitrogens is 1. The maximum absolute atomic E-state index is 13.1. The summed E-state index contributed by atoms with van der Waals surface area (Å²) < 4.78 is 6.15. The van der Waals surface area contributed by atoms with Gasteiger partial charge in [0, 0.05) is 27.8 Å². The summed E-state index contributed by atoms with van der Waals surface area (Å²) in [6.07, 6.45) is 1.06. The van der Waals surface area contributed by atoms with E-state index in [2.05, 4.69) is 31.4 Å². The fourth-order valence-corrected chi connectivity index (χ4v) is 4.95. The van der Waals surface area contributed by atoms with Crippen molar-refractivity contribution < 1.29 is 14.3 Å². The molecule has 2 heterocycles. The van der Waals surface area contributed by atoms with E-state index >= 15 is 0 Å². The molecule has 0 aliphatic carbocycles. The van der Waals surface area contributed by atoms with E-state index in [1.165, 1.54) is 0 Å². The molecule has 0 fully saturated rings. The van der Waals surface area contributed by atoms with Gasteiger partial charge in [-0.25, -0.2) is 0 Å². The summed E-state index contributed by atoms with van der Waals surface area (Å²) in [6.45, 7) is 2.57. The molecular formula is C26H23BrN4O3. The molecule has 4 aromatic rings. The van der Waals surface area contributed by atoms with Crippen LogP contribution in [0.2, 0.25) is 0 Å². The summed E-state index contributed by atoms with van der Waals surface area (Å²) >= 11 is 3.49. The van der Waals surface area contributed by atoms with Crippen LogP contribution >= 0.6 is 15.9 Å². The monoisotopic (exact) mass is 518 g/mol. The summed E-state index contributed by atoms with van der Waals surface area (Å²) in [5.41, 5.74) is 5.57. The van der Waals surface area contributed by atoms with Crippen molar-refractivity contribution in [3.8, 4) is 5.75 Å². The van der Waals surface area contributed by atoms with Gasteiger partial charge in [-0.1, -0.05) is 34.1 Å². The number of benzene rings is 3. The maximum Gasteiger partial charge on any atom is 0.274 e. The second kappa shape index (κ2) is 8.95. The van der Waals surface area contributed by atoms with Crippen molar-refractivity contribution >= 4 is 50.0 Å². The number of aromatic nitrogens is 2. The molecule has 3 aromatic carbocycles. The topological polar surface area (TPSA) is 87.3 Å². The number of ether oxygens (including phenoxy) is 1. The Labute approximate surface area is 205 Å². The third-order valence-electron chi connectivity index (χ3n) is 6.07. The summed E-state index contributed by atoms with van der Waals surface area (Å²) in [5.74, 6) is 0.452. The average molecular weight is 519 g/mol. The van der Waals surface area contributed by atoms with Gasteiger partial charge >= 0.3 is 0 Å². The Morgan fingerprint density at radius 2 is 2.03 bits per heavy atom. The smallest absolute Gasteiger partial charge is 0.274 e. The van der Waals surface area contributed by atoms with Gasteiger partial charge in [-0.3, -0.25) is 14.7 Å². The van der Waals surface area contributed by atoms with Gasteiger partial charge < -0.3 is 15.0 Å². The van der Waals surface area contributed by atoms with E-state index in [0.29, 0.717) is 17.9 Å². The molecule has 34 heavy (non-hydrogen) atoms. The minimum atomic E-state index is -0.285. The minimum absolute atomic E-state index is 0.00960. The van der Waals surface area contributed by atoms with Crippen molar-refractivity contribution in [3.05, 3.63) is 81.5 Å². The number of carbonyl (C=O) groups excluding carboxylic acids is 2. The van der Waals surface area contributed by atoms with Crippen LogP contribution in [0, 0.1) is 6.92 Å². The van der Waals surface area contributed by atoms with Gasteiger partial charge in [0.1, 0.15) is 11.4 Å². The minimum Gasteiger partial charge on any atom is -0.497 e. The van der Waals surface area contributed by atoms with Crippen LogP contribution in [0.1, 0.15) is 27.2 Å². The molecule has 0 spiro atoms. The molecule has 0 unspecified atom stereocenters. The Morgan fingerprint density at radius 3 is 2.85 bits per heavy atom. The average Bonchev–Trinajstić information content (AvgIpc) is 3.43. The van der Waals surface area contributed by atoms with Crippen LogP contribution in [0.25, 0.3) is 10.9 Å². The molecule has 0 saturated heterocycles. The zero-order valence-corrected chi connectivity index (χ0v) is 20.4. The first kappa shape index (κ1) is 22.2. The number of amides is 2. The molecule has 172 valence electrons. The molecule has 1 aliphatic rings. The molecular weight excluding hydrogens is 496 g/mol. The molecule has 8 heteroatoms. The quantitative estimate of drug-likeness (QED) is 0.388. The normalized spacial score (nSPS) is 12.6. The highest BCUT2D eigenvalue weighted by atomic mass is 79.9. The van der Waals surface area contributed by atoms with Crippen molar-refractivity contribution in [2.24, 2.45) is 0 Å². The number of aryl methyl sites for hydroxylation is 1. The Morgan fingerprint density at radius 1 is 1.18 bits per heavy atom. The van der Waals surface area contributed by atoms with Gasteiger partial charge in [-0.15, -0.1) is 0 Å². The molecule has 0 atom stereocenters. The first-order valence-corrected chi connectivity index (χ1v) is 11.7. The number of methoxy groups -OCH3 is 1. The molecule has 0 bridgehead atoms. The number of nitrogens with one attached hydrogen (secondary N) is 2. The lowest BCUT2D eigenvalue weighted by Gasteiger charge is -2.18. The van der Waals surface area contributed by atoms with Crippen molar-refractivity contribution in [1.29, 1.82) is 0 Å². The first-order chi connectivity index (χ1) is 16.4. The molecule has 0 radical (unpaired) electrons. The van der Waals surface area contributed by atoms with Crippen LogP contribution in [0.3, 0.4) is 0 Å². The number of fused-ring (bicyclic) bond motifs is 2. The zero-order chi connectivity index (χ0) is 23.8. The van der Waals surface area contributed by atoms with Crippen molar-refractivity contribution in [2.75, 3.05) is 23.9 Å². The summed E-state index contributed by atoms with van der Waals surface area (Å²) in [4.78, 5) is 27.9. The van der Waals surface area contributed by atoms with Gasteiger partial charge in [0.15, 0.2) is 0 Å². The van der Waals surface area contributed by atoms with Crippen LogP contribution in [-0.4, -0.2) is 35.7 Å². The fraction of sp³-hybridized carbons (Fsp3) is 0.192. The largest absolute Gasteiger partial charge is 0.497 e. The van der Waals surface area contributed by atoms with Gasteiger partial charge in [0.25, 0.3) is 5.91 Å². The van der Waals surface area contributed by atoms with E-state index in [9.17, 15) is 9.59 Å². The van der Waals surface area contributed by atoms with Crippen LogP contribution in [0.5, 0.6) is 5.75 Å². The Bertz CT molecular complexity index is 1430. The molecule has 0 saturated carbocycles. The van der Waals surface area contributed by atoms with E-state index < -0.39 is 0 Å². The number of hydrogen-bond donors (Lipinski definition) is 2. The standard InChI is InChI=1S/C26H23BrN4O3/c1-15-10-18(27)13-21-24(15)29-30-25(21)26(33)28-19-7-6-17-8-9-31(22(17)14-19)23(32)12-16-4-3-5-20(11-16)34-2/h3-7,10-11,13-14H,8-9,12H2,1-2H3,(H,28,33)(H,29,30). The lowest BCUT2D eigenvalue weighted by atomic mass is 10.1. The molecule has 2 amide bonds. The fourth-order valence-electron chi connectivity index (χ4n) is 4.38. The number of hydrogen-bond acceptors (Lipinski definition) is 4. The third-order valence-corrected chi connectivity index (χ3v) is 6.53. The van der Waals surface area contributed by atoms with E-state index in [1.54, 1.807) is 12.0 Å². The van der Waals surface area contributed by atoms with Gasteiger partial charge in [0.2, 0.25) is 5.91 Å². The zero-order valence-electron chi connectivity index (χ0n) is 18.8. The number of aromatic amines is 1. The maximum atomic E-state index is 13.1. The lowest BCUT2D eigenvalue weighted by Crippen LogP contribution is -2.30. The predicted octanol–water partition coefficient (Wildman–Crippen LogP) is 5.03. The van der Waals surface area contributed by atoms with Crippen LogP contribution in [0.15, 0.2) is 59.1 Å². The van der Waals surface area contributed by atoms with E-state index in [-0.39, 0.29) is 18.2 Å². The van der Waals surface area contributed by atoms with Crippen molar-refractivity contribution in [1.82, 2.24) is 10.2 Å². The Hall–Kier alpha value is -3.65. The highest BCUT2D eigenvalue weighted by Crippen LogP contribution is 2.32. The van der Waals surface area contributed by atoms with Crippen molar-refractivity contribution in [2.45, 2.75) is 19.8 Å². The summed E-state index contributed by atoms with van der Waals surface area (Å²) in [5, 5.41) is 10.9. The molecule has 1 aromatic heterocycles. The van der Waals surface area contributed by atoms with Crippen LogP contribution in [0.4, 0.5) is 11.4 Å². The number of rotatable bonds is 5. The van der Waals surface area contributed by atoms with Crippen molar-refractivity contribution in [3.63, 3.8) is 0 Å². The van der Waals surface area contributed by atoms with Gasteiger partial charge in [-0.05, 0) is 66.4 Å². The SMILES string of the molecule is COc1cccc(CC(=O)N2CCc3ccc(NC(=O)c4[nH]nc5c(C)cc(Br)cc45)cc32)c1. The number of carbonyl (C=O) groups is 2. The van der Waals surface area contributed by atoms with Gasteiger partial charge in [-0.2, -0.15) is 5.10 Å². The Kier molecular flexibility index (Phi) is 5.83.